The fourth-order valence-electron chi connectivity index (χ4n) is 3.65. The molecule has 0 spiro atoms. The van der Waals surface area contributed by atoms with E-state index in [1.165, 1.54) is 6.92 Å². The minimum absolute atomic E-state index is 0.0251. The topological polar surface area (TPSA) is 63.7 Å². The van der Waals surface area contributed by atoms with Gasteiger partial charge >= 0.3 is 0 Å². The summed E-state index contributed by atoms with van der Waals surface area (Å²) in [6, 6.07) is 15.4. The monoisotopic (exact) mass is 365 g/mol. The standard InChI is InChI=1S/C22H23NO4/c1-15(24)20(22(26)17-7-4-3-5-8-17)21(23-14-6-9-19(23)25)16-10-12-18(27-2)13-11-16/h3-5,7-8,10-13,20-21H,6,9,14H2,1-2H3. The first kappa shape index (κ1) is 18.8. The number of carbonyl (C=O) groups excluding carboxylic acids is 3. The second-order valence-electron chi connectivity index (χ2n) is 6.73. The van der Waals surface area contributed by atoms with Crippen molar-refractivity contribution >= 4 is 17.5 Å². The SMILES string of the molecule is COc1ccc(C(C(C(C)=O)C(=O)c2ccccc2)N2CCCC2=O)cc1. The largest absolute Gasteiger partial charge is 0.497 e. The fraction of sp³-hybridized carbons (Fsp3) is 0.318. The van der Waals surface area contributed by atoms with Gasteiger partial charge in [-0.25, -0.2) is 0 Å². The van der Waals surface area contributed by atoms with Crippen LogP contribution in [-0.2, 0) is 9.59 Å². The lowest BCUT2D eigenvalue weighted by Crippen LogP contribution is -2.41. The number of amides is 1. The molecule has 0 bridgehead atoms. The van der Waals surface area contributed by atoms with E-state index in [4.69, 9.17) is 4.74 Å². The van der Waals surface area contributed by atoms with Crippen LogP contribution in [0, 0.1) is 5.92 Å². The van der Waals surface area contributed by atoms with Gasteiger partial charge in [0.15, 0.2) is 5.78 Å². The van der Waals surface area contributed by atoms with E-state index in [0.29, 0.717) is 24.3 Å². The Hall–Kier alpha value is -2.95. The number of ether oxygens (including phenoxy) is 1. The predicted octanol–water partition coefficient (Wildman–Crippen LogP) is 3.45. The lowest BCUT2D eigenvalue weighted by Gasteiger charge is -2.33. The van der Waals surface area contributed by atoms with Crippen molar-refractivity contribution in [3.8, 4) is 5.75 Å². The average molecular weight is 365 g/mol. The van der Waals surface area contributed by atoms with Crippen LogP contribution >= 0.6 is 0 Å². The minimum atomic E-state index is -0.942. The van der Waals surface area contributed by atoms with Crippen LogP contribution in [0.3, 0.4) is 0 Å². The van der Waals surface area contributed by atoms with Gasteiger partial charge in [0, 0.05) is 18.5 Å². The minimum Gasteiger partial charge on any atom is -0.497 e. The zero-order valence-corrected chi connectivity index (χ0v) is 15.6. The molecule has 27 heavy (non-hydrogen) atoms. The number of hydrogen-bond acceptors (Lipinski definition) is 4. The van der Waals surface area contributed by atoms with Gasteiger partial charge < -0.3 is 9.64 Å². The molecule has 0 N–H and O–H groups in total. The lowest BCUT2D eigenvalue weighted by molar-refractivity contribution is -0.132. The fourth-order valence-corrected chi connectivity index (χ4v) is 3.65. The van der Waals surface area contributed by atoms with E-state index in [9.17, 15) is 14.4 Å². The smallest absolute Gasteiger partial charge is 0.223 e. The molecule has 3 rings (SSSR count). The molecule has 0 aliphatic carbocycles. The van der Waals surface area contributed by atoms with Crippen LogP contribution in [0.5, 0.6) is 5.75 Å². The van der Waals surface area contributed by atoms with Gasteiger partial charge in [-0.3, -0.25) is 14.4 Å². The normalized spacial score (nSPS) is 16.1. The summed E-state index contributed by atoms with van der Waals surface area (Å²) < 4.78 is 5.21. The Morgan fingerprint density at radius 3 is 2.22 bits per heavy atom. The Kier molecular flexibility index (Phi) is 5.69. The summed E-state index contributed by atoms with van der Waals surface area (Å²) in [5, 5.41) is 0. The number of likely N-dealkylation sites (tertiary alicyclic amines) is 1. The third kappa shape index (κ3) is 3.92. The van der Waals surface area contributed by atoms with Gasteiger partial charge in [-0.15, -0.1) is 0 Å². The van der Waals surface area contributed by atoms with Crippen molar-refractivity contribution in [2.45, 2.75) is 25.8 Å². The van der Waals surface area contributed by atoms with Gasteiger partial charge in [0.25, 0.3) is 0 Å². The Balaban J connectivity index is 2.06. The lowest BCUT2D eigenvalue weighted by atomic mass is 9.83. The first-order valence-corrected chi connectivity index (χ1v) is 9.06. The molecule has 2 unspecified atom stereocenters. The van der Waals surface area contributed by atoms with Crippen molar-refractivity contribution in [1.82, 2.24) is 4.90 Å². The number of benzene rings is 2. The van der Waals surface area contributed by atoms with Crippen LogP contribution in [0.4, 0.5) is 0 Å². The first-order chi connectivity index (χ1) is 13.0. The molecule has 2 atom stereocenters. The zero-order chi connectivity index (χ0) is 19.4. The molecule has 140 valence electrons. The van der Waals surface area contributed by atoms with E-state index in [-0.39, 0.29) is 17.5 Å². The molecule has 1 fully saturated rings. The maximum absolute atomic E-state index is 13.2. The Morgan fingerprint density at radius 2 is 1.70 bits per heavy atom. The quantitative estimate of drug-likeness (QED) is 0.557. The molecular formula is C22H23NO4. The summed E-state index contributed by atoms with van der Waals surface area (Å²) in [6.45, 7) is 1.96. The third-order valence-corrected chi connectivity index (χ3v) is 5.00. The zero-order valence-electron chi connectivity index (χ0n) is 15.6. The summed E-state index contributed by atoms with van der Waals surface area (Å²) in [6.07, 6.45) is 1.17. The van der Waals surface area contributed by atoms with Crippen LogP contribution in [0.15, 0.2) is 54.6 Å². The van der Waals surface area contributed by atoms with Crippen LogP contribution < -0.4 is 4.74 Å². The number of Topliss-reactive ketones (excluding diaryl/α,β-unsaturated/α-hetero) is 2. The molecule has 5 heteroatoms. The molecule has 1 heterocycles. The molecule has 0 saturated carbocycles. The van der Waals surface area contributed by atoms with Crippen LogP contribution in [0.2, 0.25) is 0 Å². The molecular weight excluding hydrogens is 342 g/mol. The molecule has 0 aromatic heterocycles. The van der Waals surface area contributed by atoms with E-state index < -0.39 is 12.0 Å². The molecule has 0 radical (unpaired) electrons. The summed E-state index contributed by atoms with van der Waals surface area (Å²) in [7, 11) is 1.58. The van der Waals surface area contributed by atoms with E-state index in [2.05, 4.69) is 0 Å². The van der Waals surface area contributed by atoms with Crippen molar-refractivity contribution in [2.75, 3.05) is 13.7 Å². The number of hydrogen-bond donors (Lipinski definition) is 0. The molecule has 2 aromatic carbocycles. The van der Waals surface area contributed by atoms with Gasteiger partial charge in [0.1, 0.15) is 17.5 Å². The van der Waals surface area contributed by atoms with Crippen molar-refractivity contribution in [3.63, 3.8) is 0 Å². The molecule has 1 amide bonds. The summed E-state index contributed by atoms with van der Waals surface area (Å²) in [5.74, 6) is -0.794. The van der Waals surface area contributed by atoms with Crippen molar-refractivity contribution in [3.05, 3.63) is 65.7 Å². The van der Waals surface area contributed by atoms with E-state index >= 15 is 0 Å². The molecule has 1 aliphatic heterocycles. The first-order valence-electron chi connectivity index (χ1n) is 9.06. The highest BCUT2D eigenvalue weighted by atomic mass is 16.5. The highest BCUT2D eigenvalue weighted by Gasteiger charge is 2.41. The van der Waals surface area contributed by atoms with Crippen LogP contribution in [0.1, 0.15) is 41.7 Å². The number of methoxy groups -OCH3 is 1. The van der Waals surface area contributed by atoms with Crippen LogP contribution in [0.25, 0.3) is 0 Å². The van der Waals surface area contributed by atoms with Crippen molar-refractivity contribution < 1.29 is 19.1 Å². The third-order valence-electron chi connectivity index (χ3n) is 5.00. The van der Waals surface area contributed by atoms with Crippen molar-refractivity contribution in [1.29, 1.82) is 0 Å². The number of rotatable bonds is 7. The Labute approximate surface area is 158 Å². The number of carbonyl (C=O) groups is 3. The van der Waals surface area contributed by atoms with Gasteiger partial charge in [0.2, 0.25) is 5.91 Å². The summed E-state index contributed by atoms with van der Waals surface area (Å²) in [4.78, 5) is 39.9. The van der Waals surface area contributed by atoms with Crippen LogP contribution in [-0.4, -0.2) is 36.0 Å². The molecule has 5 nitrogen and oxygen atoms in total. The highest BCUT2D eigenvalue weighted by Crippen LogP contribution is 2.35. The highest BCUT2D eigenvalue weighted by molar-refractivity contribution is 6.11. The van der Waals surface area contributed by atoms with Gasteiger partial charge in [-0.05, 0) is 31.0 Å². The number of nitrogens with zero attached hydrogens (tertiary/aromatic N) is 1. The average Bonchev–Trinajstić information content (AvgIpc) is 3.11. The summed E-state index contributed by atoms with van der Waals surface area (Å²) >= 11 is 0. The second kappa shape index (κ2) is 8.16. The number of ketones is 2. The van der Waals surface area contributed by atoms with Crippen molar-refractivity contribution in [2.24, 2.45) is 5.92 Å². The maximum atomic E-state index is 13.2. The summed E-state index contributed by atoms with van der Waals surface area (Å²) in [5.41, 5.74) is 1.23. The van der Waals surface area contributed by atoms with E-state index in [1.54, 1.807) is 48.4 Å². The second-order valence-corrected chi connectivity index (χ2v) is 6.73. The Morgan fingerprint density at radius 1 is 1.04 bits per heavy atom. The van der Waals surface area contributed by atoms with E-state index in [0.717, 1.165) is 12.0 Å². The van der Waals surface area contributed by atoms with Gasteiger partial charge in [-0.1, -0.05) is 42.5 Å². The molecule has 1 aliphatic rings. The van der Waals surface area contributed by atoms with Gasteiger partial charge in [-0.2, -0.15) is 0 Å². The van der Waals surface area contributed by atoms with Gasteiger partial charge in [0.05, 0.1) is 13.2 Å². The predicted molar refractivity (Wildman–Crippen MR) is 102 cm³/mol. The molecule has 1 saturated heterocycles. The maximum Gasteiger partial charge on any atom is 0.223 e. The molecule has 2 aromatic rings. The Bertz CT molecular complexity index is 829. The van der Waals surface area contributed by atoms with E-state index in [1.807, 2.05) is 18.2 Å².